The highest BCUT2D eigenvalue weighted by molar-refractivity contribution is 5.16. The average molecular weight is 244 g/mol. The van der Waals surface area contributed by atoms with Crippen molar-refractivity contribution in [3.63, 3.8) is 0 Å². The van der Waals surface area contributed by atoms with Gasteiger partial charge in [0.15, 0.2) is 0 Å². The fourth-order valence-corrected chi connectivity index (χ4v) is 1.51. The summed E-state index contributed by atoms with van der Waals surface area (Å²) in [6.45, 7) is 2.00. The summed E-state index contributed by atoms with van der Waals surface area (Å²) in [7, 11) is 0. The Bertz CT molecular complexity index is 410. The lowest BCUT2D eigenvalue weighted by molar-refractivity contribution is 0.199. The van der Waals surface area contributed by atoms with E-state index in [-0.39, 0.29) is 12.7 Å². The summed E-state index contributed by atoms with van der Waals surface area (Å²) in [5, 5.41) is 17.5. The van der Waals surface area contributed by atoms with Gasteiger partial charge in [0.05, 0.1) is 6.10 Å². The third kappa shape index (κ3) is 5.62. The van der Waals surface area contributed by atoms with Crippen molar-refractivity contribution in [2.75, 3.05) is 6.61 Å². The fourth-order valence-electron chi connectivity index (χ4n) is 1.51. The third-order valence-corrected chi connectivity index (χ3v) is 2.53. The topological polar surface area (TPSA) is 40.5 Å². The molecule has 2 aromatic carbocycles. The van der Waals surface area contributed by atoms with Crippen LogP contribution in [0.5, 0.6) is 0 Å². The van der Waals surface area contributed by atoms with Crippen LogP contribution in [-0.2, 0) is 6.42 Å². The smallest absolute Gasteiger partial charge is 0.0761 e. The van der Waals surface area contributed by atoms with Crippen LogP contribution >= 0.6 is 0 Å². The number of aliphatic hydroxyl groups is 2. The number of rotatable bonds is 3. The Kier molecular flexibility index (Phi) is 6.77. The molecule has 0 heterocycles. The summed E-state index contributed by atoms with van der Waals surface area (Å²) >= 11 is 0. The van der Waals surface area contributed by atoms with E-state index in [1.807, 2.05) is 60.7 Å². The first-order valence-corrected chi connectivity index (χ1v) is 6.12. The predicted molar refractivity (Wildman–Crippen MR) is 74.3 cm³/mol. The maximum atomic E-state index is 9.02. The first-order valence-electron chi connectivity index (χ1n) is 6.12. The molecule has 2 nitrogen and oxygen atoms in total. The summed E-state index contributed by atoms with van der Waals surface area (Å²) in [5.41, 5.74) is 2.16. The largest absolute Gasteiger partial charge is 0.396 e. The van der Waals surface area contributed by atoms with Crippen molar-refractivity contribution in [3.05, 3.63) is 71.8 Å². The molecule has 0 fully saturated rings. The molecule has 1 unspecified atom stereocenters. The lowest BCUT2D eigenvalue weighted by atomic mass is 10.1. The zero-order valence-corrected chi connectivity index (χ0v) is 10.7. The number of benzene rings is 2. The molecule has 2 aromatic rings. The molecule has 2 N–H and O–H groups in total. The van der Waals surface area contributed by atoms with Gasteiger partial charge in [0.25, 0.3) is 0 Å². The van der Waals surface area contributed by atoms with Crippen LogP contribution in [0.2, 0.25) is 0 Å². The molecule has 0 radical (unpaired) electrons. The molecule has 2 heteroatoms. The monoisotopic (exact) mass is 244 g/mol. The summed E-state index contributed by atoms with van der Waals surface area (Å²) < 4.78 is 0. The van der Waals surface area contributed by atoms with Gasteiger partial charge in [-0.2, -0.15) is 0 Å². The molecule has 0 saturated carbocycles. The van der Waals surface area contributed by atoms with E-state index in [0.29, 0.717) is 0 Å². The molecule has 0 saturated heterocycles. The van der Waals surface area contributed by atoms with Gasteiger partial charge in [0.2, 0.25) is 0 Å². The van der Waals surface area contributed by atoms with Crippen molar-refractivity contribution in [1.29, 1.82) is 0 Å². The zero-order chi connectivity index (χ0) is 13.2. The van der Waals surface area contributed by atoms with Crippen LogP contribution in [0.15, 0.2) is 60.7 Å². The summed E-state index contributed by atoms with van der Waals surface area (Å²) in [5.74, 6) is 0. The maximum absolute atomic E-state index is 9.02. The van der Waals surface area contributed by atoms with Crippen molar-refractivity contribution in [2.45, 2.75) is 19.4 Å². The lowest BCUT2D eigenvalue weighted by Gasteiger charge is -2.00. The van der Waals surface area contributed by atoms with Crippen molar-refractivity contribution in [3.8, 4) is 0 Å². The van der Waals surface area contributed by atoms with Crippen LogP contribution in [-0.4, -0.2) is 16.8 Å². The molecule has 0 bridgehead atoms. The van der Waals surface area contributed by atoms with E-state index in [1.165, 1.54) is 5.56 Å². The van der Waals surface area contributed by atoms with E-state index in [0.717, 1.165) is 12.0 Å². The van der Waals surface area contributed by atoms with E-state index in [2.05, 4.69) is 0 Å². The van der Waals surface area contributed by atoms with Crippen LogP contribution in [0.4, 0.5) is 0 Å². The second-order valence-electron chi connectivity index (χ2n) is 4.05. The van der Waals surface area contributed by atoms with Crippen LogP contribution in [0.25, 0.3) is 0 Å². The average Bonchev–Trinajstić information content (AvgIpc) is 2.42. The number of aliphatic hydroxyl groups excluding tert-OH is 2. The van der Waals surface area contributed by atoms with Gasteiger partial charge in [-0.05, 0) is 24.5 Å². The van der Waals surface area contributed by atoms with Crippen LogP contribution in [0, 0.1) is 0 Å². The molecule has 18 heavy (non-hydrogen) atoms. The van der Waals surface area contributed by atoms with E-state index in [9.17, 15) is 0 Å². The zero-order valence-electron chi connectivity index (χ0n) is 10.7. The Labute approximate surface area is 109 Å². The minimum atomic E-state index is -0.341. The Balaban J connectivity index is 0.000000180. The highest BCUT2D eigenvalue weighted by atomic mass is 16.3. The van der Waals surface area contributed by atoms with Crippen LogP contribution < -0.4 is 0 Å². The van der Waals surface area contributed by atoms with E-state index in [4.69, 9.17) is 10.2 Å². The molecule has 0 amide bonds. The van der Waals surface area contributed by atoms with Gasteiger partial charge in [0.1, 0.15) is 0 Å². The van der Waals surface area contributed by atoms with E-state index >= 15 is 0 Å². The maximum Gasteiger partial charge on any atom is 0.0761 e. The van der Waals surface area contributed by atoms with Crippen molar-refractivity contribution in [1.82, 2.24) is 0 Å². The second kappa shape index (κ2) is 8.45. The number of hydrogen-bond acceptors (Lipinski definition) is 2. The molecule has 96 valence electrons. The second-order valence-corrected chi connectivity index (χ2v) is 4.05. The van der Waals surface area contributed by atoms with Crippen molar-refractivity contribution in [2.24, 2.45) is 0 Å². The molecular formula is C16H20O2. The Morgan fingerprint density at radius 1 is 0.889 bits per heavy atom. The normalized spacial score (nSPS) is 11.3. The summed E-state index contributed by atoms with van der Waals surface area (Å²) in [6.07, 6.45) is 0.423. The molecule has 0 aliphatic heterocycles. The van der Waals surface area contributed by atoms with Crippen molar-refractivity contribution < 1.29 is 10.2 Å². The van der Waals surface area contributed by atoms with Gasteiger partial charge in [0, 0.05) is 6.61 Å². The standard InChI is InChI=1S/2C8H10O/c1-7(9)8-5-3-2-4-6-8;9-7-6-8-4-2-1-3-5-8/h2-7,9H,1H3;1-5,9H,6-7H2. The Morgan fingerprint density at radius 3 is 1.78 bits per heavy atom. The van der Waals surface area contributed by atoms with Gasteiger partial charge < -0.3 is 10.2 Å². The van der Waals surface area contributed by atoms with E-state index < -0.39 is 0 Å². The SMILES string of the molecule is CC(O)c1ccccc1.OCCc1ccccc1. The lowest BCUT2D eigenvalue weighted by Crippen LogP contribution is -1.88. The first-order chi connectivity index (χ1) is 8.74. The van der Waals surface area contributed by atoms with Crippen LogP contribution in [0.1, 0.15) is 24.2 Å². The molecule has 0 spiro atoms. The fraction of sp³-hybridized carbons (Fsp3) is 0.250. The first kappa shape index (κ1) is 14.4. The number of hydrogen-bond donors (Lipinski definition) is 2. The van der Waals surface area contributed by atoms with Gasteiger partial charge in [-0.25, -0.2) is 0 Å². The van der Waals surface area contributed by atoms with Gasteiger partial charge in [-0.1, -0.05) is 60.7 Å². The third-order valence-electron chi connectivity index (χ3n) is 2.53. The van der Waals surface area contributed by atoms with Gasteiger partial charge in [-0.3, -0.25) is 0 Å². The highest BCUT2D eigenvalue weighted by Gasteiger charge is 1.95. The minimum absolute atomic E-state index is 0.240. The summed E-state index contributed by atoms with van der Waals surface area (Å²) in [4.78, 5) is 0. The van der Waals surface area contributed by atoms with Gasteiger partial charge >= 0.3 is 0 Å². The molecule has 0 aliphatic carbocycles. The molecule has 0 aromatic heterocycles. The summed E-state index contributed by atoms with van der Waals surface area (Å²) in [6, 6.07) is 19.5. The van der Waals surface area contributed by atoms with Gasteiger partial charge in [-0.15, -0.1) is 0 Å². The highest BCUT2D eigenvalue weighted by Crippen LogP contribution is 2.09. The molecule has 2 rings (SSSR count). The Hall–Kier alpha value is -1.64. The van der Waals surface area contributed by atoms with E-state index in [1.54, 1.807) is 6.92 Å². The van der Waals surface area contributed by atoms with Crippen LogP contribution in [0.3, 0.4) is 0 Å². The predicted octanol–water partition coefficient (Wildman–Crippen LogP) is 2.96. The molecule has 0 aliphatic rings. The molecule has 1 atom stereocenters. The minimum Gasteiger partial charge on any atom is -0.396 e. The van der Waals surface area contributed by atoms with Crippen molar-refractivity contribution >= 4 is 0 Å². The quantitative estimate of drug-likeness (QED) is 0.871. The Morgan fingerprint density at radius 2 is 1.39 bits per heavy atom. The molecular weight excluding hydrogens is 224 g/mol.